The third-order valence-electron chi connectivity index (χ3n) is 4.67. The molecular weight excluding hydrogens is 376 g/mol. The van der Waals surface area contributed by atoms with Crippen LogP contribution in [0.15, 0.2) is 22.8 Å². The zero-order valence-electron chi connectivity index (χ0n) is 13.4. The number of ketones is 1. The number of hydrogen-bond donors (Lipinski definition) is 1. The third-order valence-corrected chi connectivity index (χ3v) is 5.33. The Morgan fingerprint density at radius 2 is 2.04 bits per heavy atom. The number of ether oxygens (including phenoxy) is 1. The van der Waals surface area contributed by atoms with Crippen LogP contribution in [0, 0.1) is 5.92 Å². The number of Topliss-reactive ketones (excluding diaryl/α,β-unsaturated/α-hetero) is 1. The molecule has 1 N–H and O–H groups in total. The topological polar surface area (TPSA) is 81.4 Å². The van der Waals surface area contributed by atoms with Crippen LogP contribution in [0.3, 0.4) is 0 Å². The minimum absolute atomic E-state index is 0.250. The molecule has 6 nitrogen and oxygen atoms in total. The average Bonchev–Trinajstić information content (AvgIpc) is 3.02. The van der Waals surface area contributed by atoms with Crippen molar-refractivity contribution in [3.8, 4) is 0 Å². The SMILES string of the molecule is COC(=O)C(=O)c1cc2nn(C3CCC(CO)CC3)cc2cc1Br. The van der Waals surface area contributed by atoms with Crippen molar-refractivity contribution in [2.75, 3.05) is 13.7 Å². The number of fused-ring (bicyclic) bond motifs is 1. The van der Waals surface area contributed by atoms with Crippen molar-refractivity contribution in [1.29, 1.82) is 0 Å². The van der Waals surface area contributed by atoms with Gasteiger partial charge in [0.2, 0.25) is 0 Å². The van der Waals surface area contributed by atoms with Gasteiger partial charge in [0.25, 0.3) is 5.78 Å². The molecule has 128 valence electrons. The van der Waals surface area contributed by atoms with Crippen LogP contribution in [0.4, 0.5) is 0 Å². The molecule has 0 unspecified atom stereocenters. The second-order valence-electron chi connectivity index (χ2n) is 6.18. The van der Waals surface area contributed by atoms with Crippen LogP contribution in [0.25, 0.3) is 10.9 Å². The van der Waals surface area contributed by atoms with Crippen molar-refractivity contribution >= 4 is 38.6 Å². The summed E-state index contributed by atoms with van der Waals surface area (Å²) in [5.41, 5.74) is 0.929. The summed E-state index contributed by atoms with van der Waals surface area (Å²) < 4.78 is 6.99. The molecule has 1 heterocycles. The van der Waals surface area contributed by atoms with E-state index in [1.807, 2.05) is 10.9 Å². The predicted octanol–water partition coefficient (Wildman–Crippen LogP) is 2.88. The fraction of sp³-hybridized carbons (Fsp3) is 0.471. The number of rotatable bonds is 4. The van der Waals surface area contributed by atoms with Crippen molar-refractivity contribution in [2.45, 2.75) is 31.7 Å². The molecule has 2 aromatic rings. The van der Waals surface area contributed by atoms with Crippen molar-refractivity contribution in [2.24, 2.45) is 5.92 Å². The number of carbonyl (C=O) groups is 2. The summed E-state index contributed by atoms with van der Waals surface area (Å²) in [5, 5.41) is 14.7. The van der Waals surface area contributed by atoms with Gasteiger partial charge in [-0.3, -0.25) is 9.48 Å². The molecule has 7 heteroatoms. The van der Waals surface area contributed by atoms with Crippen molar-refractivity contribution < 1.29 is 19.4 Å². The fourth-order valence-corrected chi connectivity index (χ4v) is 3.76. The van der Waals surface area contributed by atoms with Crippen LogP contribution in [0.2, 0.25) is 0 Å². The minimum atomic E-state index is -0.892. The molecule has 0 spiro atoms. The number of aliphatic hydroxyl groups excluding tert-OH is 1. The smallest absolute Gasteiger partial charge is 0.379 e. The van der Waals surface area contributed by atoms with Crippen LogP contribution >= 0.6 is 15.9 Å². The largest absolute Gasteiger partial charge is 0.463 e. The Kier molecular flexibility index (Phi) is 5.01. The molecule has 1 aromatic heterocycles. The molecule has 0 atom stereocenters. The highest BCUT2D eigenvalue weighted by atomic mass is 79.9. The summed E-state index contributed by atoms with van der Waals surface area (Å²) in [7, 11) is 1.18. The number of carbonyl (C=O) groups excluding carboxylic acids is 2. The molecule has 0 bridgehead atoms. The van der Waals surface area contributed by atoms with E-state index in [2.05, 4.69) is 25.8 Å². The number of hydrogen-bond acceptors (Lipinski definition) is 5. The number of esters is 1. The Hall–Kier alpha value is -1.73. The molecule has 3 rings (SSSR count). The van der Waals surface area contributed by atoms with E-state index in [0.29, 0.717) is 21.9 Å². The lowest BCUT2D eigenvalue weighted by Gasteiger charge is -2.27. The zero-order valence-corrected chi connectivity index (χ0v) is 15.0. The van der Waals surface area contributed by atoms with Gasteiger partial charge in [0, 0.05) is 28.2 Å². The zero-order chi connectivity index (χ0) is 17.3. The molecule has 0 amide bonds. The average molecular weight is 395 g/mol. The first-order valence-electron chi connectivity index (χ1n) is 7.95. The monoisotopic (exact) mass is 394 g/mol. The molecule has 1 aliphatic carbocycles. The lowest BCUT2D eigenvalue weighted by molar-refractivity contribution is -0.135. The van der Waals surface area contributed by atoms with Gasteiger partial charge in [-0.2, -0.15) is 5.10 Å². The molecular formula is C17H19BrN2O4. The Balaban J connectivity index is 1.89. The lowest BCUT2D eigenvalue weighted by Crippen LogP contribution is -2.20. The number of aromatic nitrogens is 2. The van der Waals surface area contributed by atoms with E-state index in [1.54, 1.807) is 12.1 Å². The van der Waals surface area contributed by atoms with Gasteiger partial charge >= 0.3 is 5.97 Å². The number of halogens is 1. The van der Waals surface area contributed by atoms with Crippen LogP contribution in [0.5, 0.6) is 0 Å². The van der Waals surface area contributed by atoms with E-state index in [4.69, 9.17) is 0 Å². The molecule has 0 saturated heterocycles. The Labute approximate surface area is 147 Å². The number of nitrogens with zero attached hydrogens (tertiary/aromatic N) is 2. The summed E-state index contributed by atoms with van der Waals surface area (Å²) in [5.74, 6) is -1.19. The quantitative estimate of drug-likeness (QED) is 0.489. The predicted molar refractivity (Wildman–Crippen MR) is 91.9 cm³/mol. The van der Waals surface area contributed by atoms with E-state index in [-0.39, 0.29) is 12.2 Å². The molecule has 24 heavy (non-hydrogen) atoms. The molecule has 1 aromatic carbocycles. The first kappa shape index (κ1) is 17.1. The first-order valence-corrected chi connectivity index (χ1v) is 8.74. The summed E-state index contributed by atoms with van der Waals surface area (Å²) in [6.45, 7) is 0.250. The lowest BCUT2D eigenvalue weighted by atomic mass is 9.87. The van der Waals surface area contributed by atoms with Crippen LogP contribution in [0.1, 0.15) is 42.1 Å². The van der Waals surface area contributed by atoms with E-state index in [9.17, 15) is 14.7 Å². The molecule has 1 fully saturated rings. The van der Waals surface area contributed by atoms with Gasteiger partial charge in [0.05, 0.1) is 18.7 Å². The van der Waals surface area contributed by atoms with E-state index >= 15 is 0 Å². The maximum atomic E-state index is 12.1. The minimum Gasteiger partial charge on any atom is -0.463 e. The summed E-state index contributed by atoms with van der Waals surface area (Å²) in [6.07, 6.45) is 5.92. The van der Waals surface area contributed by atoms with Crippen molar-refractivity contribution in [3.63, 3.8) is 0 Å². The van der Waals surface area contributed by atoms with Crippen LogP contribution in [-0.2, 0) is 9.53 Å². The van der Waals surface area contributed by atoms with Gasteiger partial charge in [-0.05, 0) is 43.7 Å². The Bertz CT molecular complexity index is 778. The van der Waals surface area contributed by atoms with E-state index < -0.39 is 11.8 Å². The summed E-state index contributed by atoms with van der Waals surface area (Å²) >= 11 is 3.34. The Morgan fingerprint density at radius 3 is 2.67 bits per heavy atom. The third kappa shape index (κ3) is 3.23. The second-order valence-corrected chi connectivity index (χ2v) is 7.03. The number of methoxy groups -OCH3 is 1. The van der Waals surface area contributed by atoms with E-state index in [0.717, 1.165) is 31.1 Å². The van der Waals surface area contributed by atoms with Gasteiger partial charge in [-0.15, -0.1) is 0 Å². The normalized spacial score (nSPS) is 21.0. The van der Waals surface area contributed by atoms with Crippen molar-refractivity contribution in [1.82, 2.24) is 9.78 Å². The highest BCUT2D eigenvalue weighted by molar-refractivity contribution is 9.10. The first-order chi connectivity index (χ1) is 11.5. The maximum absolute atomic E-state index is 12.1. The molecule has 0 aliphatic heterocycles. The standard InChI is InChI=1S/C17H19BrN2O4/c1-24-17(23)16(22)13-7-15-11(6-14(13)18)8-20(19-15)12-4-2-10(9-21)3-5-12/h6-8,10,12,21H,2-5,9H2,1H3. The Morgan fingerprint density at radius 1 is 1.33 bits per heavy atom. The highest BCUT2D eigenvalue weighted by Gasteiger charge is 2.24. The fourth-order valence-electron chi connectivity index (χ4n) is 3.22. The number of aliphatic hydroxyl groups is 1. The molecule has 1 aliphatic rings. The van der Waals surface area contributed by atoms with Crippen molar-refractivity contribution in [3.05, 3.63) is 28.4 Å². The van der Waals surface area contributed by atoms with Gasteiger partial charge in [-0.25, -0.2) is 4.79 Å². The van der Waals surface area contributed by atoms with Crippen LogP contribution < -0.4 is 0 Å². The molecule has 1 saturated carbocycles. The molecule has 0 radical (unpaired) electrons. The van der Waals surface area contributed by atoms with Crippen LogP contribution in [-0.4, -0.2) is 40.4 Å². The van der Waals surface area contributed by atoms with Gasteiger partial charge < -0.3 is 9.84 Å². The summed E-state index contributed by atoms with van der Waals surface area (Å²) in [6, 6.07) is 3.72. The number of benzene rings is 1. The van der Waals surface area contributed by atoms with Gasteiger partial charge in [0.1, 0.15) is 0 Å². The second kappa shape index (κ2) is 7.03. The van der Waals surface area contributed by atoms with Gasteiger partial charge in [-0.1, -0.05) is 15.9 Å². The maximum Gasteiger partial charge on any atom is 0.379 e. The highest BCUT2D eigenvalue weighted by Crippen LogP contribution is 2.33. The van der Waals surface area contributed by atoms with Gasteiger partial charge in [0.15, 0.2) is 0 Å². The summed E-state index contributed by atoms with van der Waals surface area (Å²) in [4.78, 5) is 23.5. The van der Waals surface area contributed by atoms with E-state index in [1.165, 1.54) is 7.11 Å².